The summed E-state index contributed by atoms with van der Waals surface area (Å²) < 4.78 is 16.3. The summed E-state index contributed by atoms with van der Waals surface area (Å²) in [5, 5.41) is 0. The molecule has 1 aliphatic heterocycles. The zero-order chi connectivity index (χ0) is 9.31. The van der Waals surface area contributed by atoms with Crippen molar-refractivity contribution in [2.45, 2.75) is 50.9 Å². The summed E-state index contributed by atoms with van der Waals surface area (Å²) in [5.41, 5.74) is 0. The van der Waals surface area contributed by atoms with Gasteiger partial charge < -0.3 is 4.90 Å². The van der Waals surface area contributed by atoms with Crippen LogP contribution < -0.4 is 0 Å². The monoisotopic (exact) mass is 155 g/mol. The second kappa shape index (κ2) is 3.57. The standard InChI is InChI=1S/C10H19N/c1-2-6-10(7-3-1)11-8-4-5-9-11/h10H,1-9H2/i6D,10D. The lowest BCUT2D eigenvalue weighted by molar-refractivity contribution is 0.191. The lowest BCUT2D eigenvalue weighted by Crippen LogP contribution is -2.34. The lowest BCUT2D eigenvalue weighted by Gasteiger charge is -2.30. The molecule has 1 heterocycles. The van der Waals surface area contributed by atoms with Crippen molar-refractivity contribution in [2.75, 3.05) is 13.1 Å². The normalized spacial score (nSPS) is 50.4. The molecule has 0 aromatic rings. The first-order valence-electron chi connectivity index (χ1n) is 5.98. The second-order valence-corrected chi connectivity index (χ2v) is 3.64. The van der Waals surface area contributed by atoms with Crippen molar-refractivity contribution in [1.29, 1.82) is 0 Å². The molecular formula is C10H19N. The van der Waals surface area contributed by atoms with Crippen LogP contribution in [0.15, 0.2) is 0 Å². The van der Waals surface area contributed by atoms with Gasteiger partial charge in [-0.25, -0.2) is 0 Å². The van der Waals surface area contributed by atoms with E-state index in [4.69, 9.17) is 2.74 Å². The maximum Gasteiger partial charge on any atom is 0.0467 e. The molecule has 2 fully saturated rings. The zero-order valence-corrected chi connectivity index (χ0v) is 7.18. The van der Waals surface area contributed by atoms with E-state index in [-0.39, 0.29) is 6.40 Å². The van der Waals surface area contributed by atoms with Crippen LogP contribution in [-0.4, -0.2) is 24.0 Å². The van der Waals surface area contributed by atoms with Crippen molar-refractivity contribution in [1.82, 2.24) is 4.90 Å². The van der Waals surface area contributed by atoms with Gasteiger partial charge in [0.2, 0.25) is 0 Å². The summed E-state index contributed by atoms with van der Waals surface area (Å²) in [5.74, 6) is 0. The number of hydrogen-bond donors (Lipinski definition) is 0. The van der Waals surface area contributed by atoms with E-state index in [1.165, 1.54) is 12.8 Å². The van der Waals surface area contributed by atoms with Crippen LogP contribution in [0.4, 0.5) is 0 Å². The van der Waals surface area contributed by atoms with Crippen molar-refractivity contribution < 1.29 is 2.74 Å². The quantitative estimate of drug-likeness (QED) is 0.562. The molecule has 2 atom stereocenters. The lowest BCUT2D eigenvalue weighted by atomic mass is 9.94. The van der Waals surface area contributed by atoms with Crippen LogP contribution in [0, 0.1) is 0 Å². The van der Waals surface area contributed by atoms with E-state index in [1.807, 2.05) is 0 Å². The molecular weight excluding hydrogens is 134 g/mol. The molecule has 0 amide bonds. The third-order valence-corrected chi connectivity index (χ3v) is 2.78. The first kappa shape index (κ1) is 5.58. The van der Waals surface area contributed by atoms with Gasteiger partial charge in [0, 0.05) is 8.76 Å². The Hall–Kier alpha value is -0.0400. The topological polar surface area (TPSA) is 3.24 Å². The third-order valence-electron chi connectivity index (χ3n) is 2.78. The molecule has 2 unspecified atom stereocenters. The molecule has 2 aliphatic rings. The summed E-state index contributed by atoms with van der Waals surface area (Å²) in [6, 6.07) is -0.533. The maximum absolute atomic E-state index is 8.36. The highest BCUT2D eigenvalue weighted by atomic mass is 15.2. The van der Waals surface area contributed by atoms with Gasteiger partial charge in [-0.05, 0) is 38.7 Å². The molecule has 1 saturated heterocycles. The average molecular weight is 155 g/mol. The van der Waals surface area contributed by atoms with Gasteiger partial charge in [-0.2, -0.15) is 0 Å². The Bertz CT molecular complexity index is 180. The fraction of sp³-hybridized carbons (Fsp3) is 1.00. The summed E-state index contributed by atoms with van der Waals surface area (Å²) in [6.07, 6.45) is 6.44. The molecule has 1 heteroatoms. The van der Waals surface area contributed by atoms with E-state index < -0.39 is 6.02 Å². The molecule has 0 spiro atoms. The average Bonchev–Trinajstić information content (AvgIpc) is 2.63. The molecule has 0 radical (unpaired) electrons. The number of rotatable bonds is 1. The van der Waals surface area contributed by atoms with Crippen LogP contribution in [0.2, 0.25) is 0 Å². The Morgan fingerprint density at radius 3 is 2.64 bits per heavy atom. The summed E-state index contributed by atoms with van der Waals surface area (Å²) in [7, 11) is 0. The van der Waals surface area contributed by atoms with E-state index in [0.29, 0.717) is 0 Å². The van der Waals surface area contributed by atoms with Crippen LogP contribution >= 0.6 is 0 Å². The van der Waals surface area contributed by atoms with Gasteiger partial charge in [-0.15, -0.1) is 0 Å². The molecule has 0 bridgehead atoms. The van der Waals surface area contributed by atoms with Crippen LogP contribution in [0.3, 0.4) is 0 Å². The van der Waals surface area contributed by atoms with E-state index in [9.17, 15) is 0 Å². The molecule has 2 rings (SSSR count). The Kier molecular flexibility index (Phi) is 1.81. The maximum atomic E-state index is 8.36. The highest BCUT2D eigenvalue weighted by Gasteiger charge is 2.22. The number of hydrogen-bond acceptors (Lipinski definition) is 1. The smallest absolute Gasteiger partial charge is 0.0467 e. The Morgan fingerprint density at radius 2 is 1.91 bits per heavy atom. The van der Waals surface area contributed by atoms with Gasteiger partial charge in [0.25, 0.3) is 0 Å². The SMILES string of the molecule is [2H]C1CCCCC1([2H])N1CCCC1. The van der Waals surface area contributed by atoms with Crippen molar-refractivity contribution in [3.05, 3.63) is 0 Å². The molecule has 64 valence electrons. The first-order chi connectivity index (χ1) is 6.23. The molecule has 0 aromatic heterocycles. The van der Waals surface area contributed by atoms with E-state index >= 15 is 0 Å². The predicted molar refractivity (Wildman–Crippen MR) is 47.7 cm³/mol. The fourth-order valence-corrected chi connectivity index (χ4v) is 2.11. The zero-order valence-electron chi connectivity index (χ0n) is 9.18. The molecule has 1 saturated carbocycles. The van der Waals surface area contributed by atoms with Crippen LogP contribution in [0.5, 0.6) is 0 Å². The highest BCUT2D eigenvalue weighted by Crippen LogP contribution is 2.25. The first-order valence-corrected chi connectivity index (χ1v) is 4.91. The fourth-order valence-electron chi connectivity index (χ4n) is 2.11. The number of nitrogens with zero attached hydrogens (tertiary/aromatic N) is 1. The Labute approximate surface area is 72.6 Å². The Morgan fingerprint density at radius 1 is 1.09 bits per heavy atom. The van der Waals surface area contributed by atoms with Gasteiger partial charge in [0.05, 0.1) is 0 Å². The second-order valence-electron chi connectivity index (χ2n) is 3.64. The van der Waals surface area contributed by atoms with Gasteiger partial charge in [-0.1, -0.05) is 19.3 Å². The van der Waals surface area contributed by atoms with Gasteiger partial charge in [0.15, 0.2) is 0 Å². The van der Waals surface area contributed by atoms with Crippen LogP contribution in [0.1, 0.15) is 47.7 Å². The van der Waals surface area contributed by atoms with Crippen molar-refractivity contribution in [3.63, 3.8) is 0 Å². The Balaban J connectivity index is 2.06. The third kappa shape index (κ3) is 1.76. The van der Waals surface area contributed by atoms with Crippen LogP contribution in [0.25, 0.3) is 0 Å². The number of likely N-dealkylation sites (tertiary alicyclic amines) is 1. The van der Waals surface area contributed by atoms with Gasteiger partial charge in [0.1, 0.15) is 0 Å². The minimum Gasteiger partial charge on any atom is -0.300 e. The summed E-state index contributed by atoms with van der Waals surface area (Å²) >= 11 is 0. The molecule has 1 nitrogen and oxygen atoms in total. The molecule has 1 aliphatic carbocycles. The molecule has 11 heavy (non-hydrogen) atoms. The van der Waals surface area contributed by atoms with Gasteiger partial charge >= 0.3 is 0 Å². The van der Waals surface area contributed by atoms with Crippen molar-refractivity contribution >= 4 is 0 Å². The minimum atomic E-state index is -0.533. The van der Waals surface area contributed by atoms with E-state index in [1.54, 1.807) is 0 Å². The highest BCUT2D eigenvalue weighted by molar-refractivity contribution is 4.78. The predicted octanol–water partition coefficient (Wildman–Crippen LogP) is 2.41. The van der Waals surface area contributed by atoms with Gasteiger partial charge in [-0.3, -0.25) is 0 Å². The molecule has 0 aromatic carbocycles. The van der Waals surface area contributed by atoms with Crippen molar-refractivity contribution in [3.8, 4) is 0 Å². The summed E-state index contributed by atoms with van der Waals surface area (Å²) in [4.78, 5) is 2.24. The van der Waals surface area contributed by atoms with E-state index in [2.05, 4.69) is 4.90 Å². The molecule has 0 N–H and O–H groups in total. The minimum absolute atomic E-state index is 0.167. The van der Waals surface area contributed by atoms with Crippen LogP contribution in [-0.2, 0) is 0 Å². The van der Waals surface area contributed by atoms with Crippen molar-refractivity contribution in [2.24, 2.45) is 0 Å². The largest absolute Gasteiger partial charge is 0.300 e. The van der Waals surface area contributed by atoms with E-state index in [0.717, 1.165) is 38.8 Å². The summed E-state index contributed by atoms with van der Waals surface area (Å²) in [6.45, 7) is 2.11.